The Hall–Kier alpha value is -1.26. The SMILES string of the molecule is CCC(=O)N1CCC(NC(=O)N(CC)CC)CC1. The molecular formula is C13H25N3O2. The number of urea groups is 1. The van der Waals surface area contributed by atoms with Gasteiger partial charge in [-0.05, 0) is 26.7 Å². The van der Waals surface area contributed by atoms with Crippen LogP contribution in [0.4, 0.5) is 4.79 Å². The maximum absolute atomic E-state index is 11.9. The van der Waals surface area contributed by atoms with Crippen molar-refractivity contribution in [3.63, 3.8) is 0 Å². The zero-order valence-corrected chi connectivity index (χ0v) is 11.7. The van der Waals surface area contributed by atoms with Gasteiger partial charge in [0.15, 0.2) is 0 Å². The zero-order valence-electron chi connectivity index (χ0n) is 11.7. The molecule has 1 fully saturated rings. The van der Waals surface area contributed by atoms with Gasteiger partial charge in [0.1, 0.15) is 0 Å². The van der Waals surface area contributed by atoms with Crippen LogP contribution in [-0.2, 0) is 4.79 Å². The summed E-state index contributed by atoms with van der Waals surface area (Å²) in [6.07, 6.45) is 2.29. The van der Waals surface area contributed by atoms with Crippen LogP contribution in [0.1, 0.15) is 40.0 Å². The molecule has 0 aromatic rings. The van der Waals surface area contributed by atoms with Crippen LogP contribution in [0, 0.1) is 0 Å². The van der Waals surface area contributed by atoms with E-state index in [4.69, 9.17) is 0 Å². The molecule has 1 heterocycles. The largest absolute Gasteiger partial charge is 0.343 e. The summed E-state index contributed by atoms with van der Waals surface area (Å²) < 4.78 is 0. The molecule has 0 saturated carbocycles. The Morgan fingerprint density at radius 2 is 1.72 bits per heavy atom. The van der Waals surface area contributed by atoms with Crippen molar-refractivity contribution in [2.24, 2.45) is 0 Å². The highest BCUT2D eigenvalue weighted by atomic mass is 16.2. The molecule has 5 heteroatoms. The van der Waals surface area contributed by atoms with Crippen LogP contribution < -0.4 is 5.32 Å². The second-order valence-corrected chi connectivity index (χ2v) is 4.63. The minimum Gasteiger partial charge on any atom is -0.343 e. The van der Waals surface area contributed by atoms with Gasteiger partial charge in [0, 0.05) is 38.6 Å². The molecule has 0 aliphatic carbocycles. The number of hydrogen-bond donors (Lipinski definition) is 1. The van der Waals surface area contributed by atoms with Gasteiger partial charge in [0.25, 0.3) is 0 Å². The third-order valence-electron chi connectivity index (χ3n) is 3.53. The monoisotopic (exact) mass is 255 g/mol. The van der Waals surface area contributed by atoms with Crippen molar-refractivity contribution in [2.45, 2.75) is 46.1 Å². The lowest BCUT2D eigenvalue weighted by atomic mass is 10.0. The Balaban J connectivity index is 2.35. The van der Waals surface area contributed by atoms with E-state index in [0.29, 0.717) is 6.42 Å². The van der Waals surface area contributed by atoms with E-state index in [2.05, 4.69) is 5.32 Å². The van der Waals surface area contributed by atoms with Crippen molar-refractivity contribution in [1.29, 1.82) is 0 Å². The molecule has 1 N–H and O–H groups in total. The Kier molecular flexibility index (Phi) is 5.95. The third kappa shape index (κ3) is 3.89. The van der Waals surface area contributed by atoms with E-state index in [1.54, 1.807) is 4.90 Å². The van der Waals surface area contributed by atoms with Crippen molar-refractivity contribution in [2.75, 3.05) is 26.2 Å². The summed E-state index contributed by atoms with van der Waals surface area (Å²) >= 11 is 0. The standard InChI is InChI=1S/C13H25N3O2/c1-4-12(17)16-9-7-11(8-10-16)14-13(18)15(5-2)6-3/h11H,4-10H2,1-3H3,(H,14,18). The molecule has 1 saturated heterocycles. The van der Waals surface area contributed by atoms with E-state index in [1.165, 1.54) is 0 Å². The first-order valence-corrected chi connectivity index (χ1v) is 6.95. The molecule has 0 unspecified atom stereocenters. The summed E-state index contributed by atoms with van der Waals surface area (Å²) in [7, 11) is 0. The Labute approximate surface area is 110 Å². The molecule has 18 heavy (non-hydrogen) atoms. The predicted molar refractivity (Wildman–Crippen MR) is 71.3 cm³/mol. The normalized spacial score (nSPS) is 16.5. The molecule has 5 nitrogen and oxygen atoms in total. The highest BCUT2D eigenvalue weighted by Crippen LogP contribution is 2.11. The number of carbonyl (C=O) groups excluding carboxylic acids is 2. The van der Waals surface area contributed by atoms with E-state index in [9.17, 15) is 9.59 Å². The van der Waals surface area contributed by atoms with Crippen LogP contribution in [0.25, 0.3) is 0 Å². The molecule has 0 aromatic carbocycles. The number of nitrogens with zero attached hydrogens (tertiary/aromatic N) is 2. The van der Waals surface area contributed by atoms with E-state index < -0.39 is 0 Å². The number of piperidine rings is 1. The van der Waals surface area contributed by atoms with Gasteiger partial charge in [-0.3, -0.25) is 4.79 Å². The molecule has 0 bridgehead atoms. The molecule has 104 valence electrons. The first-order valence-electron chi connectivity index (χ1n) is 6.95. The van der Waals surface area contributed by atoms with Crippen molar-refractivity contribution in [3.05, 3.63) is 0 Å². The average molecular weight is 255 g/mol. The van der Waals surface area contributed by atoms with Crippen LogP contribution in [0.15, 0.2) is 0 Å². The third-order valence-corrected chi connectivity index (χ3v) is 3.53. The van der Waals surface area contributed by atoms with E-state index in [1.807, 2.05) is 25.7 Å². The Morgan fingerprint density at radius 3 is 2.17 bits per heavy atom. The summed E-state index contributed by atoms with van der Waals surface area (Å²) in [5.74, 6) is 0.212. The van der Waals surface area contributed by atoms with Crippen LogP contribution in [0.3, 0.4) is 0 Å². The van der Waals surface area contributed by atoms with Gasteiger partial charge in [0.05, 0.1) is 0 Å². The second kappa shape index (κ2) is 7.24. The number of hydrogen-bond acceptors (Lipinski definition) is 2. The molecule has 0 radical (unpaired) electrons. The molecule has 0 aromatic heterocycles. The minimum atomic E-state index is 0.0141. The molecule has 3 amide bonds. The lowest BCUT2D eigenvalue weighted by Gasteiger charge is -2.33. The quantitative estimate of drug-likeness (QED) is 0.826. The average Bonchev–Trinajstić information content (AvgIpc) is 2.40. The van der Waals surface area contributed by atoms with Crippen LogP contribution in [0.5, 0.6) is 0 Å². The predicted octanol–water partition coefficient (Wildman–Crippen LogP) is 1.44. The summed E-state index contributed by atoms with van der Waals surface area (Å²) in [4.78, 5) is 27.1. The number of likely N-dealkylation sites (tertiary alicyclic amines) is 1. The minimum absolute atomic E-state index is 0.0141. The summed E-state index contributed by atoms with van der Waals surface area (Å²) in [5, 5.41) is 3.05. The lowest BCUT2D eigenvalue weighted by Crippen LogP contribution is -2.50. The second-order valence-electron chi connectivity index (χ2n) is 4.63. The highest BCUT2D eigenvalue weighted by Gasteiger charge is 2.23. The van der Waals surface area contributed by atoms with Crippen molar-refractivity contribution in [1.82, 2.24) is 15.1 Å². The number of rotatable bonds is 4. The number of carbonyl (C=O) groups is 2. The van der Waals surface area contributed by atoms with E-state index in [-0.39, 0.29) is 18.0 Å². The molecule has 0 atom stereocenters. The van der Waals surface area contributed by atoms with Gasteiger partial charge >= 0.3 is 6.03 Å². The van der Waals surface area contributed by atoms with Gasteiger partial charge in [0.2, 0.25) is 5.91 Å². The van der Waals surface area contributed by atoms with Crippen molar-refractivity contribution < 1.29 is 9.59 Å². The van der Waals surface area contributed by atoms with E-state index in [0.717, 1.165) is 39.0 Å². The first kappa shape index (κ1) is 14.8. The maximum Gasteiger partial charge on any atom is 0.317 e. The van der Waals surface area contributed by atoms with Gasteiger partial charge < -0.3 is 15.1 Å². The topological polar surface area (TPSA) is 52.7 Å². The fourth-order valence-corrected chi connectivity index (χ4v) is 2.27. The molecule has 1 aliphatic heterocycles. The Bertz CT molecular complexity index is 282. The van der Waals surface area contributed by atoms with Crippen LogP contribution in [0.2, 0.25) is 0 Å². The number of amides is 3. The molecule has 0 spiro atoms. The summed E-state index contributed by atoms with van der Waals surface area (Å²) in [6.45, 7) is 8.82. The van der Waals surface area contributed by atoms with Gasteiger partial charge in [-0.1, -0.05) is 6.92 Å². The van der Waals surface area contributed by atoms with Gasteiger partial charge in [-0.15, -0.1) is 0 Å². The molecular weight excluding hydrogens is 230 g/mol. The molecule has 1 aliphatic rings. The number of nitrogens with one attached hydrogen (secondary N) is 1. The van der Waals surface area contributed by atoms with Gasteiger partial charge in [-0.2, -0.15) is 0 Å². The summed E-state index contributed by atoms with van der Waals surface area (Å²) in [6, 6.07) is 0.222. The highest BCUT2D eigenvalue weighted by molar-refractivity contribution is 5.76. The Morgan fingerprint density at radius 1 is 1.17 bits per heavy atom. The van der Waals surface area contributed by atoms with Crippen LogP contribution in [-0.4, -0.2) is 54.0 Å². The van der Waals surface area contributed by atoms with Crippen LogP contribution >= 0.6 is 0 Å². The fraction of sp³-hybridized carbons (Fsp3) is 0.846. The zero-order chi connectivity index (χ0) is 13.5. The first-order chi connectivity index (χ1) is 8.62. The van der Waals surface area contributed by atoms with Gasteiger partial charge in [-0.25, -0.2) is 4.79 Å². The van der Waals surface area contributed by atoms with E-state index >= 15 is 0 Å². The smallest absolute Gasteiger partial charge is 0.317 e. The van der Waals surface area contributed by atoms with Crippen molar-refractivity contribution in [3.8, 4) is 0 Å². The lowest BCUT2D eigenvalue weighted by molar-refractivity contribution is -0.131. The van der Waals surface area contributed by atoms with Crippen molar-refractivity contribution >= 4 is 11.9 Å². The molecule has 1 rings (SSSR count). The summed E-state index contributed by atoms with van der Waals surface area (Å²) in [5.41, 5.74) is 0. The fourth-order valence-electron chi connectivity index (χ4n) is 2.27. The maximum atomic E-state index is 11.9.